The number of hydrogen-bond acceptors (Lipinski definition) is 6. The fourth-order valence-corrected chi connectivity index (χ4v) is 2.84. The summed E-state index contributed by atoms with van der Waals surface area (Å²) in [7, 11) is 0. The maximum atomic E-state index is 12.5. The van der Waals surface area contributed by atoms with E-state index in [1.807, 2.05) is 6.07 Å². The van der Waals surface area contributed by atoms with Gasteiger partial charge in [-0.05, 0) is 24.3 Å². The molecule has 0 aliphatic heterocycles. The Morgan fingerprint density at radius 2 is 1.93 bits per heavy atom. The zero-order valence-electron chi connectivity index (χ0n) is 14.3. The van der Waals surface area contributed by atoms with Gasteiger partial charge in [-0.1, -0.05) is 36.0 Å². The van der Waals surface area contributed by atoms with Crippen molar-refractivity contribution in [3.05, 3.63) is 60.5 Å². The number of benzene rings is 2. The molecule has 0 spiro atoms. The van der Waals surface area contributed by atoms with Gasteiger partial charge in [-0.2, -0.15) is 8.78 Å². The Kier molecular flexibility index (Phi) is 6.38. The molecule has 9 heteroatoms. The van der Waals surface area contributed by atoms with E-state index in [4.69, 9.17) is 9.15 Å². The quantitative estimate of drug-likeness (QED) is 0.358. The number of aromatic nitrogens is 1. The molecule has 0 unspecified atom stereocenters. The molecule has 6 nitrogen and oxygen atoms in total. The number of esters is 1. The first-order valence-electron chi connectivity index (χ1n) is 8.05. The highest BCUT2D eigenvalue weighted by Gasteiger charge is 2.12. The van der Waals surface area contributed by atoms with Crippen LogP contribution in [0.4, 0.5) is 14.5 Å². The van der Waals surface area contributed by atoms with Gasteiger partial charge in [0.2, 0.25) is 5.89 Å². The number of ether oxygens (including phenoxy) is 1. The van der Waals surface area contributed by atoms with E-state index in [1.165, 1.54) is 18.2 Å². The van der Waals surface area contributed by atoms with Crippen molar-refractivity contribution in [1.29, 1.82) is 0 Å². The Balaban J connectivity index is 1.52. The van der Waals surface area contributed by atoms with Gasteiger partial charge in [-0.25, -0.2) is 9.78 Å². The summed E-state index contributed by atoms with van der Waals surface area (Å²) in [6.45, 7) is -0.565. The van der Waals surface area contributed by atoms with E-state index in [-0.39, 0.29) is 16.5 Å². The molecule has 0 bridgehead atoms. The van der Waals surface area contributed by atoms with Gasteiger partial charge < -0.3 is 14.5 Å². The first-order valence-corrected chi connectivity index (χ1v) is 8.93. The molecule has 0 aliphatic rings. The number of carbonyl (C=O) groups excluding carboxylic acids is 2. The Morgan fingerprint density at radius 3 is 2.71 bits per heavy atom. The molecular weight excluding hydrogens is 390 g/mol. The average molecular weight is 404 g/mol. The van der Waals surface area contributed by atoms with E-state index >= 15 is 0 Å². The second-order valence-electron chi connectivity index (χ2n) is 5.38. The number of carbonyl (C=O) groups is 2. The van der Waals surface area contributed by atoms with Crippen LogP contribution >= 0.6 is 11.8 Å². The van der Waals surface area contributed by atoms with Crippen LogP contribution in [0.25, 0.3) is 17.2 Å². The number of alkyl halides is 2. The molecule has 1 aromatic heterocycles. The van der Waals surface area contributed by atoms with Gasteiger partial charge in [0.1, 0.15) is 5.52 Å². The molecule has 3 rings (SSSR count). The van der Waals surface area contributed by atoms with Crippen LogP contribution in [0.15, 0.2) is 63.9 Å². The highest BCUT2D eigenvalue weighted by Crippen LogP contribution is 2.31. The molecule has 144 valence electrons. The smallest absolute Gasteiger partial charge is 0.331 e. The van der Waals surface area contributed by atoms with Crippen LogP contribution in [0.3, 0.4) is 0 Å². The number of amides is 1. The second-order valence-corrected chi connectivity index (χ2v) is 6.42. The summed E-state index contributed by atoms with van der Waals surface area (Å²) >= 11 is 0.314. The first-order chi connectivity index (χ1) is 13.5. The lowest BCUT2D eigenvalue weighted by atomic mass is 10.3. The maximum absolute atomic E-state index is 12.5. The standard InChI is InChI=1S/C19H14F2N2O4S/c20-19(21)28-15-8-4-2-6-13(15)22-16(24)11-26-18(25)10-9-17-23-12-5-1-3-7-14(12)27-17/h1-10,19H,11H2,(H,22,24)/b10-9-. The molecule has 1 amide bonds. The summed E-state index contributed by atoms with van der Waals surface area (Å²) in [5.41, 5.74) is 1.45. The van der Waals surface area contributed by atoms with Crippen molar-refractivity contribution in [2.75, 3.05) is 11.9 Å². The number of rotatable bonds is 7. The van der Waals surface area contributed by atoms with Crippen molar-refractivity contribution in [2.24, 2.45) is 0 Å². The summed E-state index contributed by atoms with van der Waals surface area (Å²) in [5.74, 6) is -3.81. The SMILES string of the molecule is O=C(COC(=O)/C=C\c1nc2ccccc2o1)Nc1ccccc1SC(F)F. The summed E-state index contributed by atoms with van der Waals surface area (Å²) in [6, 6.07) is 13.2. The second kappa shape index (κ2) is 9.14. The van der Waals surface area contributed by atoms with Crippen molar-refractivity contribution >= 4 is 46.5 Å². The van der Waals surface area contributed by atoms with E-state index in [9.17, 15) is 18.4 Å². The molecule has 3 aromatic rings. The minimum atomic E-state index is -2.62. The lowest BCUT2D eigenvalue weighted by Gasteiger charge is -2.10. The van der Waals surface area contributed by atoms with E-state index in [1.54, 1.807) is 30.3 Å². The average Bonchev–Trinajstić information content (AvgIpc) is 3.09. The molecule has 0 saturated heterocycles. The number of anilines is 1. The van der Waals surface area contributed by atoms with Crippen LogP contribution in [0, 0.1) is 0 Å². The monoisotopic (exact) mass is 404 g/mol. The molecule has 1 heterocycles. The Labute approximate surface area is 162 Å². The normalized spacial score (nSPS) is 11.2. The molecule has 2 aromatic carbocycles. The van der Waals surface area contributed by atoms with Crippen LogP contribution in [-0.4, -0.2) is 29.2 Å². The molecule has 0 atom stereocenters. The van der Waals surface area contributed by atoms with Gasteiger partial charge in [-0.15, -0.1) is 0 Å². The van der Waals surface area contributed by atoms with Gasteiger partial charge in [0.25, 0.3) is 11.7 Å². The zero-order chi connectivity index (χ0) is 19.9. The molecular formula is C19H14F2N2O4S. The minimum absolute atomic E-state index is 0.216. The summed E-state index contributed by atoms with van der Waals surface area (Å²) in [6.07, 6.45) is 2.41. The molecule has 0 aliphatic carbocycles. The fourth-order valence-electron chi connectivity index (χ4n) is 2.24. The van der Waals surface area contributed by atoms with E-state index < -0.39 is 24.2 Å². The van der Waals surface area contributed by atoms with Gasteiger partial charge in [0, 0.05) is 17.0 Å². The van der Waals surface area contributed by atoms with Crippen molar-refractivity contribution < 1.29 is 27.5 Å². The first kappa shape index (κ1) is 19.6. The van der Waals surface area contributed by atoms with Crippen LogP contribution in [0.5, 0.6) is 0 Å². The third-order valence-corrected chi connectivity index (χ3v) is 4.18. The Morgan fingerprint density at radius 1 is 1.18 bits per heavy atom. The van der Waals surface area contributed by atoms with Crippen LogP contribution in [0.1, 0.15) is 5.89 Å². The van der Waals surface area contributed by atoms with Crippen molar-refractivity contribution in [3.8, 4) is 0 Å². The van der Waals surface area contributed by atoms with Crippen molar-refractivity contribution in [3.63, 3.8) is 0 Å². The number of fused-ring (bicyclic) bond motifs is 1. The van der Waals surface area contributed by atoms with E-state index in [0.29, 0.717) is 22.9 Å². The fraction of sp³-hybridized carbons (Fsp3) is 0.105. The molecule has 0 fully saturated rings. The largest absolute Gasteiger partial charge is 0.452 e. The molecule has 0 radical (unpaired) electrons. The molecule has 1 N–H and O–H groups in total. The predicted molar refractivity (Wildman–Crippen MR) is 101 cm³/mol. The highest BCUT2D eigenvalue weighted by molar-refractivity contribution is 7.99. The van der Waals surface area contributed by atoms with Gasteiger partial charge in [0.15, 0.2) is 12.2 Å². The van der Waals surface area contributed by atoms with Crippen LogP contribution in [0.2, 0.25) is 0 Å². The van der Waals surface area contributed by atoms with E-state index in [2.05, 4.69) is 10.3 Å². The number of hydrogen-bond donors (Lipinski definition) is 1. The number of halogens is 2. The minimum Gasteiger partial charge on any atom is -0.452 e. The zero-order valence-corrected chi connectivity index (χ0v) is 15.1. The summed E-state index contributed by atoms with van der Waals surface area (Å²) in [4.78, 5) is 28.0. The number of oxazole rings is 1. The summed E-state index contributed by atoms with van der Waals surface area (Å²) in [5, 5.41) is 2.44. The topological polar surface area (TPSA) is 81.4 Å². The molecule has 0 saturated carbocycles. The van der Waals surface area contributed by atoms with Crippen molar-refractivity contribution in [1.82, 2.24) is 4.98 Å². The molecule has 28 heavy (non-hydrogen) atoms. The third-order valence-electron chi connectivity index (χ3n) is 3.40. The lowest BCUT2D eigenvalue weighted by molar-refractivity contribution is -0.142. The van der Waals surface area contributed by atoms with Crippen LogP contribution in [-0.2, 0) is 14.3 Å². The highest BCUT2D eigenvalue weighted by atomic mass is 32.2. The predicted octanol–water partition coefficient (Wildman–Crippen LogP) is 4.34. The van der Waals surface area contributed by atoms with E-state index in [0.717, 1.165) is 6.08 Å². The Bertz CT molecular complexity index is 987. The van der Waals surface area contributed by atoms with Gasteiger partial charge in [0.05, 0.1) is 5.69 Å². The van der Waals surface area contributed by atoms with Crippen molar-refractivity contribution in [2.45, 2.75) is 10.7 Å². The summed E-state index contributed by atoms with van der Waals surface area (Å²) < 4.78 is 35.3. The van der Waals surface area contributed by atoms with Gasteiger partial charge in [-0.3, -0.25) is 4.79 Å². The van der Waals surface area contributed by atoms with Crippen LogP contribution < -0.4 is 5.32 Å². The number of para-hydroxylation sites is 3. The number of thioether (sulfide) groups is 1. The number of nitrogens with zero attached hydrogens (tertiary/aromatic N) is 1. The Hall–Kier alpha value is -3.20. The number of nitrogens with one attached hydrogen (secondary N) is 1. The lowest BCUT2D eigenvalue weighted by Crippen LogP contribution is -2.20. The third kappa shape index (κ3) is 5.40. The maximum Gasteiger partial charge on any atom is 0.331 e. The van der Waals surface area contributed by atoms with Gasteiger partial charge >= 0.3 is 5.97 Å².